The van der Waals surface area contributed by atoms with Crippen molar-refractivity contribution in [1.29, 1.82) is 0 Å². The van der Waals surface area contributed by atoms with Gasteiger partial charge < -0.3 is 9.72 Å². The zero-order valence-electron chi connectivity index (χ0n) is 11.1. The van der Waals surface area contributed by atoms with E-state index in [4.69, 9.17) is 16.3 Å². The predicted octanol–water partition coefficient (Wildman–Crippen LogP) is 4.08. The predicted molar refractivity (Wildman–Crippen MR) is 81.2 cm³/mol. The molecule has 0 aliphatic rings. The molecule has 4 heteroatoms. The van der Waals surface area contributed by atoms with Crippen LogP contribution in [0.1, 0.15) is 12.5 Å². The lowest BCUT2D eigenvalue weighted by atomic mass is 10.1. The van der Waals surface area contributed by atoms with E-state index in [-0.39, 0.29) is 12.4 Å². The van der Waals surface area contributed by atoms with Gasteiger partial charge in [-0.2, -0.15) is 0 Å². The normalized spacial score (nSPS) is 11.1. The summed E-state index contributed by atoms with van der Waals surface area (Å²) in [6.45, 7) is 2.21. The fourth-order valence-electron chi connectivity index (χ4n) is 2.43. The first-order valence-electron chi connectivity index (χ1n) is 6.53. The van der Waals surface area contributed by atoms with Gasteiger partial charge in [-0.25, -0.2) is 0 Å². The van der Waals surface area contributed by atoms with Gasteiger partial charge in [0, 0.05) is 16.3 Å². The van der Waals surface area contributed by atoms with Crippen LogP contribution in [-0.4, -0.2) is 17.6 Å². The number of ether oxygens (including phenoxy) is 1. The number of esters is 1. The zero-order chi connectivity index (χ0) is 14.1. The summed E-state index contributed by atoms with van der Waals surface area (Å²) >= 11 is 6.19. The smallest absolute Gasteiger partial charge is 0.310 e. The Kier molecular flexibility index (Phi) is 3.36. The highest BCUT2D eigenvalue weighted by Gasteiger charge is 2.09. The number of hydrogen-bond acceptors (Lipinski definition) is 2. The second-order valence-corrected chi connectivity index (χ2v) is 5.06. The lowest BCUT2D eigenvalue weighted by molar-refractivity contribution is -0.142. The minimum atomic E-state index is -0.207. The first-order valence-corrected chi connectivity index (χ1v) is 6.91. The fraction of sp³-hybridized carbons (Fsp3) is 0.188. The van der Waals surface area contributed by atoms with E-state index in [9.17, 15) is 4.79 Å². The molecule has 0 atom stereocenters. The van der Waals surface area contributed by atoms with Crippen molar-refractivity contribution in [2.75, 3.05) is 6.61 Å². The molecule has 3 aromatic rings. The van der Waals surface area contributed by atoms with E-state index in [1.54, 1.807) is 6.92 Å². The minimum Gasteiger partial charge on any atom is -0.466 e. The Morgan fingerprint density at radius 1 is 1.25 bits per heavy atom. The summed E-state index contributed by atoms with van der Waals surface area (Å²) in [7, 11) is 0. The van der Waals surface area contributed by atoms with Crippen LogP contribution in [0.3, 0.4) is 0 Å². The largest absolute Gasteiger partial charge is 0.466 e. The van der Waals surface area contributed by atoms with Crippen molar-refractivity contribution in [3.63, 3.8) is 0 Å². The first-order chi connectivity index (χ1) is 9.69. The van der Waals surface area contributed by atoms with Crippen LogP contribution in [0, 0.1) is 0 Å². The number of aromatic nitrogens is 1. The Morgan fingerprint density at radius 2 is 2.10 bits per heavy atom. The van der Waals surface area contributed by atoms with Crippen LogP contribution in [0.4, 0.5) is 0 Å². The molecule has 0 bridgehead atoms. The van der Waals surface area contributed by atoms with Gasteiger partial charge in [-0.05, 0) is 24.6 Å². The molecular formula is C16H14ClNO2. The molecule has 0 amide bonds. The molecule has 1 N–H and O–H groups in total. The van der Waals surface area contributed by atoms with Gasteiger partial charge in [0.25, 0.3) is 0 Å². The summed E-state index contributed by atoms with van der Waals surface area (Å²) in [5.74, 6) is -0.207. The number of halogens is 1. The number of aromatic amines is 1. The number of carbonyl (C=O) groups is 1. The Labute approximate surface area is 121 Å². The standard InChI is InChI=1S/C16H14ClNO2/c1-2-20-15(19)9-10-6-7-11-12-4-3-5-13(17)16(12)18-14(11)8-10/h3-8,18H,2,9H2,1H3. The Bertz CT molecular complexity index is 792. The number of H-pyrrole nitrogens is 1. The van der Waals surface area contributed by atoms with Crippen LogP contribution >= 0.6 is 11.6 Å². The van der Waals surface area contributed by atoms with Crippen molar-refractivity contribution >= 4 is 39.4 Å². The number of hydrogen-bond donors (Lipinski definition) is 1. The monoisotopic (exact) mass is 287 g/mol. The van der Waals surface area contributed by atoms with E-state index in [1.165, 1.54) is 0 Å². The molecule has 102 valence electrons. The summed E-state index contributed by atoms with van der Waals surface area (Å²) in [6.07, 6.45) is 0.285. The number of rotatable bonds is 3. The number of benzene rings is 2. The van der Waals surface area contributed by atoms with Crippen LogP contribution in [0.5, 0.6) is 0 Å². The fourth-order valence-corrected chi connectivity index (χ4v) is 2.65. The Balaban J connectivity index is 2.05. The third kappa shape index (κ3) is 2.25. The molecule has 0 radical (unpaired) electrons. The van der Waals surface area contributed by atoms with Crippen LogP contribution < -0.4 is 0 Å². The van der Waals surface area contributed by atoms with Gasteiger partial charge in [0.1, 0.15) is 0 Å². The van der Waals surface area contributed by atoms with Gasteiger partial charge in [0.2, 0.25) is 0 Å². The maximum absolute atomic E-state index is 11.5. The highest BCUT2D eigenvalue weighted by molar-refractivity contribution is 6.36. The van der Waals surface area contributed by atoms with E-state index >= 15 is 0 Å². The summed E-state index contributed by atoms with van der Waals surface area (Å²) in [4.78, 5) is 14.8. The summed E-state index contributed by atoms with van der Waals surface area (Å²) < 4.78 is 4.97. The van der Waals surface area contributed by atoms with Crippen LogP contribution in [-0.2, 0) is 16.0 Å². The van der Waals surface area contributed by atoms with Gasteiger partial charge in [-0.15, -0.1) is 0 Å². The lowest BCUT2D eigenvalue weighted by Crippen LogP contribution is -2.07. The van der Waals surface area contributed by atoms with Crippen molar-refractivity contribution in [1.82, 2.24) is 4.98 Å². The van der Waals surface area contributed by atoms with Crippen LogP contribution in [0.25, 0.3) is 21.8 Å². The maximum atomic E-state index is 11.5. The van der Waals surface area contributed by atoms with Crippen LogP contribution in [0.2, 0.25) is 5.02 Å². The van der Waals surface area contributed by atoms with Gasteiger partial charge in [0.15, 0.2) is 0 Å². The second kappa shape index (κ2) is 5.17. The molecule has 1 aromatic heterocycles. The molecule has 1 heterocycles. The van der Waals surface area contributed by atoms with E-state index in [0.29, 0.717) is 11.6 Å². The molecule has 0 unspecified atom stereocenters. The van der Waals surface area contributed by atoms with E-state index in [2.05, 4.69) is 4.98 Å². The SMILES string of the molecule is CCOC(=O)Cc1ccc2c(c1)[nH]c1c(Cl)cccc12. The zero-order valence-corrected chi connectivity index (χ0v) is 11.8. The quantitative estimate of drug-likeness (QED) is 0.738. The number of carbonyl (C=O) groups excluding carboxylic acids is 1. The Morgan fingerprint density at radius 3 is 2.90 bits per heavy atom. The topological polar surface area (TPSA) is 42.1 Å². The van der Waals surface area contributed by atoms with Crippen molar-refractivity contribution in [3.8, 4) is 0 Å². The minimum absolute atomic E-state index is 0.207. The summed E-state index contributed by atoms with van der Waals surface area (Å²) in [5.41, 5.74) is 2.84. The summed E-state index contributed by atoms with van der Waals surface area (Å²) in [6, 6.07) is 11.8. The third-order valence-electron chi connectivity index (χ3n) is 3.30. The van der Waals surface area contributed by atoms with Gasteiger partial charge >= 0.3 is 5.97 Å². The molecule has 0 saturated heterocycles. The molecule has 3 rings (SSSR count). The van der Waals surface area contributed by atoms with Crippen molar-refractivity contribution in [2.24, 2.45) is 0 Å². The van der Waals surface area contributed by atoms with Gasteiger partial charge in [-0.1, -0.05) is 35.9 Å². The molecule has 3 nitrogen and oxygen atoms in total. The average Bonchev–Trinajstić information content (AvgIpc) is 2.78. The molecule has 0 fully saturated rings. The first kappa shape index (κ1) is 13.0. The van der Waals surface area contributed by atoms with Gasteiger partial charge in [-0.3, -0.25) is 4.79 Å². The number of fused-ring (bicyclic) bond motifs is 3. The molecule has 0 saturated carbocycles. The van der Waals surface area contributed by atoms with E-state index < -0.39 is 0 Å². The molecule has 0 spiro atoms. The molecule has 2 aromatic carbocycles. The number of nitrogens with one attached hydrogen (secondary N) is 1. The average molecular weight is 288 g/mol. The highest BCUT2D eigenvalue weighted by atomic mass is 35.5. The van der Waals surface area contributed by atoms with E-state index in [0.717, 1.165) is 27.4 Å². The molecule has 20 heavy (non-hydrogen) atoms. The lowest BCUT2D eigenvalue weighted by Gasteiger charge is -2.02. The molecular weight excluding hydrogens is 274 g/mol. The van der Waals surface area contributed by atoms with Crippen molar-refractivity contribution < 1.29 is 9.53 Å². The van der Waals surface area contributed by atoms with Crippen molar-refractivity contribution in [3.05, 3.63) is 47.0 Å². The van der Waals surface area contributed by atoms with Gasteiger partial charge in [0.05, 0.1) is 23.6 Å². The van der Waals surface area contributed by atoms with E-state index in [1.807, 2.05) is 36.4 Å². The molecule has 0 aliphatic heterocycles. The summed E-state index contributed by atoms with van der Waals surface area (Å²) in [5, 5.41) is 2.90. The highest BCUT2D eigenvalue weighted by Crippen LogP contribution is 2.30. The Hall–Kier alpha value is -2.00. The van der Waals surface area contributed by atoms with Crippen LogP contribution in [0.15, 0.2) is 36.4 Å². The molecule has 0 aliphatic carbocycles. The maximum Gasteiger partial charge on any atom is 0.310 e. The third-order valence-corrected chi connectivity index (χ3v) is 3.62. The second-order valence-electron chi connectivity index (χ2n) is 4.65. The van der Waals surface area contributed by atoms with Crippen molar-refractivity contribution in [2.45, 2.75) is 13.3 Å². The number of para-hydroxylation sites is 1.